The minimum absolute atomic E-state index is 0.587. The first-order valence-electron chi connectivity index (χ1n) is 4.15. The van der Waals surface area contributed by atoms with E-state index in [1.54, 1.807) is 20.0 Å². The summed E-state index contributed by atoms with van der Waals surface area (Å²) in [5.41, 5.74) is 0.309. The summed E-state index contributed by atoms with van der Waals surface area (Å²) in [6, 6.07) is 3.68. The lowest BCUT2D eigenvalue weighted by molar-refractivity contribution is 0.0810. The van der Waals surface area contributed by atoms with E-state index >= 15 is 0 Å². The van der Waals surface area contributed by atoms with Crippen LogP contribution in [0.5, 0.6) is 0 Å². The van der Waals surface area contributed by atoms with Crippen molar-refractivity contribution >= 4 is 13.8 Å². The fourth-order valence-electron chi connectivity index (χ4n) is 1.16. The Balaban J connectivity index is 2.78. The molecule has 3 nitrogen and oxygen atoms in total. The maximum Gasteiger partial charge on any atom is 0.224 e. The minimum Gasteiger partial charge on any atom is -0.423 e. The highest BCUT2D eigenvalue weighted by Crippen LogP contribution is 2.13. The molecular formula is C9H13BN2O. The van der Waals surface area contributed by atoms with Crippen LogP contribution < -0.4 is 5.23 Å². The van der Waals surface area contributed by atoms with E-state index in [4.69, 9.17) is 7.98 Å². The van der Waals surface area contributed by atoms with Gasteiger partial charge in [-0.25, -0.2) is 4.98 Å². The number of nitrogens with zero attached hydrogens (tertiary/aromatic N) is 1. The van der Waals surface area contributed by atoms with E-state index in [0.29, 0.717) is 12.2 Å². The molecule has 4 heteroatoms. The molecule has 0 aromatic carbocycles. The Morgan fingerprint density at radius 3 is 2.85 bits per heavy atom. The number of hydrogen-bond acceptors (Lipinski definition) is 3. The van der Waals surface area contributed by atoms with E-state index in [1.807, 2.05) is 12.1 Å². The van der Waals surface area contributed by atoms with Gasteiger partial charge in [-0.05, 0) is 31.5 Å². The van der Waals surface area contributed by atoms with Crippen molar-refractivity contribution in [1.82, 2.24) is 4.98 Å². The van der Waals surface area contributed by atoms with Crippen molar-refractivity contribution in [1.29, 1.82) is 0 Å². The average molecular weight is 176 g/mol. The Morgan fingerprint density at radius 1 is 1.62 bits per heavy atom. The van der Waals surface area contributed by atoms with Crippen molar-refractivity contribution in [2.24, 2.45) is 0 Å². The summed E-state index contributed by atoms with van der Waals surface area (Å²) in [6.07, 6.45) is 2.25. The lowest BCUT2D eigenvalue weighted by atomic mass is 9.99. The Hall–Kier alpha value is -1.03. The molecule has 13 heavy (non-hydrogen) atoms. The largest absolute Gasteiger partial charge is 0.423 e. The first-order valence-corrected chi connectivity index (χ1v) is 4.15. The Labute approximate surface area is 79.6 Å². The zero-order valence-electron chi connectivity index (χ0n) is 7.91. The van der Waals surface area contributed by atoms with Crippen LogP contribution in [0.15, 0.2) is 18.3 Å². The van der Waals surface area contributed by atoms with Gasteiger partial charge in [-0.1, -0.05) is 0 Å². The maximum absolute atomic E-state index is 9.56. The van der Waals surface area contributed by atoms with Gasteiger partial charge >= 0.3 is 0 Å². The lowest BCUT2D eigenvalue weighted by Gasteiger charge is -2.17. The first-order chi connectivity index (χ1) is 6.01. The summed E-state index contributed by atoms with van der Waals surface area (Å²) >= 11 is 0. The standard InChI is InChI=1S/C9H13BN2O/c1-9(2,13)6-7-3-4-11-8(5-7)12-10/h3-5,13H,6H2,1-2H3,(H,11,12). The molecule has 1 heterocycles. The smallest absolute Gasteiger partial charge is 0.224 e. The van der Waals surface area contributed by atoms with Crippen molar-refractivity contribution in [3.63, 3.8) is 0 Å². The second-order valence-electron chi connectivity index (χ2n) is 3.68. The molecule has 0 fully saturated rings. The van der Waals surface area contributed by atoms with Crippen LogP contribution in [-0.2, 0) is 6.42 Å². The molecule has 0 aliphatic rings. The van der Waals surface area contributed by atoms with Gasteiger partial charge in [0.25, 0.3) is 0 Å². The number of aromatic nitrogens is 1. The van der Waals surface area contributed by atoms with E-state index in [2.05, 4.69) is 10.2 Å². The zero-order chi connectivity index (χ0) is 9.90. The number of aliphatic hydroxyl groups is 1. The van der Waals surface area contributed by atoms with Crippen LogP contribution in [0.2, 0.25) is 0 Å². The van der Waals surface area contributed by atoms with Crippen LogP contribution in [0.1, 0.15) is 19.4 Å². The molecule has 0 aliphatic carbocycles. The second kappa shape index (κ2) is 3.79. The molecule has 1 aromatic rings. The van der Waals surface area contributed by atoms with Crippen LogP contribution in [0.4, 0.5) is 5.82 Å². The molecule has 0 spiro atoms. The van der Waals surface area contributed by atoms with E-state index in [9.17, 15) is 5.11 Å². The van der Waals surface area contributed by atoms with Gasteiger partial charge in [0.2, 0.25) is 7.98 Å². The summed E-state index contributed by atoms with van der Waals surface area (Å²) in [4.78, 5) is 3.97. The van der Waals surface area contributed by atoms with Gasteiger partial charge < -0.3 is 10.3 Å². The van der Waals surface area contributed by atoms with Gasteiger partial charge in [0.15, 0.2) is 0 Å². The summed E-state index contributed by atoms with van der Waals surface area (Å²) in [5.74, 6) is 0.613. The summed E-state index contributed by atoms with van der Waals surface area (Å²) in [7, 11) is 5.21. The molecule has 68 valence electrons. The monoisotopic (exact) mass is 176 g/mol. The molecule has 0 saturated heterocycles. The molecule has 0 unspecified atom stereocenters. The molecule has 0 aliphatic heterocycles. The third-order valence-electron chi connectivity index (χ3n) is 1.61. The van der Waals surface area contributed by atoms with Crippen LogP contribution in [-0.4, -0.2) is 23.7 Å². The summed E-state index contributed by atoms with van der Waals surface area (Å²) < 4.78 is 0. The Morgan fingerprint density at radius 2 is 2.31 bits per heavy atom. The molecule has 0 atom stereocenters. The fourth-order valence-corrected chi connectivity index (χ4v) is 1.16. The van der Waals surface area contributed by atoms with E-state index in [0.717, 1.165) is 5.56 Å². The van der Waals surface area contributed by atoms with Crippen molar-refractivity contribution in [3.05, 3.63) is 23.9 Å². The highest BCUT2D eigenvalue weighted by atomic mass is 16.3. The molecule has 0 bridgehead atoms. The minimum atomic E-state index is -0.701. The van der Waals surface area contributed by atoms with Crippen LogP contribution in [0.25, 0.3) is 0 Å². The number of hydrogen-bond donors (Lipinski definition) is 2. The quantitative estimate of drug-likeness (QED) is 0.672. The average Bonchev–Trinajstić information content (AvgIpc) is 2.01. The van der Waals surface area contributed by atoms with Crippen LogP contribution in [0.3, 0.4) is 0 Å². The van der Waals surface area contributed by atoms with Crippen molar-refractivity contribution in [2.45, 2.75) is 25.9 Å². The predicted octanol–water partition coefficient (Wildman–Crippen LogP) is 0.890. The number of anilines is 1. The highest BCUT2D eigenvalue weighted by Gasteiger charge is 2.13. The van der Waals surface area contributed by atoms with Crippen molar-refractivity contribution in [2.75, 3.05) is 5.23 Å². The molecule has 0 amide bonds. The van der Waals surface area contributed by atoms with E-state index in [-0.39, 0.29) is 0 Å². The molecule has 0 saturated carbocycles. The number of nitrogens with one attached hydrogen (secondary N) is 1. The van der Waals surface area contributed by atoms with Gasteiger partial charge in [-0.2, -0.15) is 0 Å². The van der Waals surface area contributed by atoms with Gasteiger partial charge in [-0.15, -0.1) is 0 Å². The maximum atomic E-state index is 9.56. The lowest BCUT2D eigenvalue weighted by Crippen LogP contribution is -2.21. The second-order valence-corrected chi connectivity index (χ2v) is 3.68. The highest BCUT2D eigenvalue weighted by molar-refractivity contribution is 6.15. The Bertz CT molecular complexity index is 283. The van der Waals surface area contributed by atoms with E-state index < -0.39 is 5.60 Å². The zero-order valence-corrected chi connectivity index (χ0v) is 7.91. The van der Waals surface area contributed by atoms with Gasteiger partial charge in [0.1, 0.15) is 5.82 Å². The number of pyridine rings is 1. The number of rotatable bonds is 3. The Kier molecular flexibility index (Phi) is 2.93. The normalized spacial score (nSPS) is 11.3. The van der Waals surface area contributed by atoms with Gasteiger partial charge in [-0.3, -0.25) is 0 Å². The molecule has 1 rings (SSSR count). The van der Waals surface area contributed by atoms with Crippen molar-refractivity contribution < 1.29 is 5.11 Å². The molecule has 2 radical (unpaired) electrons. The van der Waals surface area contributed by atoms with Gasteiger partial charge in [0.05, 0.1) is 5.60 Å². The van der Waals surface area contributed by atoms with E-state index in [1.165, 1.54) is 0 Å². The van der Waals surface area contributed by atoms with Crippen LogP contribution in [0, 0.1) is 0 Å². The fraction of sp³-hybridized carbons (Fsp3) is 0.444. The van der Waals surface area contributed by atoms with Crippen LogP contribution >= 0.6 is 0 Å². The molecule has 1 aromatic heterocycles. The SMILES string of the molecule is [B]Nc1cc(CC(C)(C)O)ccn1. The summed E-state index contributed by atoms with van der Waals surface area (Å²) in [5, 5.41) is 12.0. The molecule has 2 N–H and O–H groups in total. The van der Waals surface area contributed by atoms with Crippen molar-refractivity contribution in [3.8, 4) is 0 Å². The predicted molar refractivity (Wildman–Crippen MR) is 53.6 cm³/mol. The topological polar surface area (TPSA) is 45.1 Å². The molecular weight excluding hydrogens is 163 g/mol. The van der Waals surface area contributed by atoms with Gasteiger partial charge in [0, 0.05) is 12.6 Å². The third-order valence-corrected chi connectivity index (χ3v) is 1.61. The first kappa shape index (κ1) is 10.1. The third kappa shape index (κ3) is 3.46. The summed E-state index contributed by atoms with van der Waals surface area (Å²) in [6.45, 7) is 3.53.